The molecule has 5 atom stereocenters. The van der Waals surface area contributed by atoms with Crippen molar-refractivity contribution >= 4 is 16.3 Å². The Morgan fingerprint density at radius 3 is 2.23 bits per heavy atom. The van der Waals surface area contributed by atoms with Gasteiger partial charge in [0.1, 0.15) is 40.7 Å². The van der Waals surface area contributed by atoms with E-state index in [2.05, 4.69) is 20.1 Å². The topological polar surface area (TPSA) is 99.4 Å². The maximum Gasteiger partial charge on any atom is 0.199 e. The predicted octanol–water partition coefficient (Wildman–Crippen LogP) is -1.89. The predicted molar refractivity (Wildman–Crippen MR) is 43.8 cm³/mol. The smallest absolute Gasteiger partial charge is 0.199 e. The molecular weight excluding hydrogens is 248 g/mol. The molecule has 4 N–H and O–H groups in total. The maximum absolute atomic E-state index is 9.26. The Bertz CT molecular complexity index is 147. The lowest BCUT2D eigenvalue weighted by molar-refractivity contribution is -0.272. The number of aliphatic hydroxyl groups is 4. The molecule has 1 heterocycles. The highest BCUT2D eigenvalue weighted by molar-refractivity contribution is 9.06. The van der Waals surface area contributed by atoms with Gasteiger partial charge in [0.25, 0.3) is 0 Å². The van der Waals surface area contributed by atoms with Gasteiger partial charge in [-0.25, -0.2) is 0 Å². The van der Waals surface area contributed by atoms with E-state index in [1.165, 1.54) is 0 Å². The van der Waals surface area contributed by atoms with Crippen molar-refractivity contribution in [1.29, 1.82) is 0 Å². The first-order chi connectivity index (χ1) is 6.11. The van der Waals surface area contributed by atoms with Crippen LogP contribution in [0.3, 0.4) is 0 Å². The second-order valence-electron chi connectivity index (χ2n) is 2.79. The Hall–Kier alpha value is 0.240. The first kappa shape index (κ1) is 11.3. The molecular formula is C6H11BrO6. The molecule has 0 aromatic carbocycles. The zero-order valence-electron chi connectivity index (χ0n) is 6.58. The Labute approximate surface area is 83.2 Å². The molecule has 1 aliphatic heterocycles. The minimum absolute atomic E-state index is 0.461. The monoisotopic (exact) mass is 258 g/mol. The van der Waals surface area contributed by atoms with Gasteiger partial charge in [-0.3, -0.25) is 3.83 Å². The van der Waals surface area contributed by atoms with Crippen molar-refractivity contribution in [2.45, 2.75) is 30.7 Å². The quantitative estimate of drug-likeness (QED) is 0.463. The molecule has 0 amide bonds. The maximum atomic E-state index is 9.26. The van der Waals surface area contributed by atoms with E-state index in [0.717, 1.165) is 0 Å². The third kappa shape index (κ3) is 2.18. The van der Waals surface area contributed by atoms with Crippen LogP contribution < -0.4 is 0 Å². The largest absolute Gasteiger partial charge is 0.394 e. The van der Waals surface area contributed by atoms with Gasteiger partial charge in [-0.1, -0.05) is 0 Å². The van der Waals surface area contributed by atoms with Crippen LogP contribution in [0.1, 0.15) is 0 Å². The number of hydrogen-bond donors (Lipinski definition) is 4. The van der Waals surface area contributed by atoms with Crippen LogP contribution in [-0.2, 0) is 8.57 Å². The number of rotatable bonds is 2. The summed E-state index contributed by atoms with van der Waals surface area (Å²) in [6.45, 7) is -0.461. The van der Waals surface area contributed by atoms with E-state index in [1.807, 2.05) is 0 Å². The van der Waals surface area contributed by atoms with Gasteiger partial charge in [0.2, 0.25) is 0 Å². The third-order valence-electron chi connectivity index (χ3n) is 1.94. The van der Waals surface area contributed by atoms with E-state index in [-0.39, 0.29) is 0 Å². The second-order valence-corrected chi connectivity index (χ2v) is 3.16. The fraction of sp³-hybridized carbons (Fsp3) is 1.00. The number of halogens is 1. The van der Waals surface area contributed by atoms with Gasteiger partial charge in [0.15, 0.2) is 6.29 Å². The van der Waals surface area contributed by atoms with Crippen molar-refractivity contribution in [3.05, 3.63) is 0 Å². The van der Waals surface area contributed by atoms with Crippen molar-refractivity contribution < 1.29 is 29.0 Å². The van der Waals surface area contributed by atoms with Crippen molar-refractivity contribution in [2.75, 3.05) is 6.61 Å². The summed E-state index contributed by atoms with van der Waals surface area (Å²) in [7, 11) is 0. The fourth-order valence-corrected chi connectivity index (χ4v) is 1.45. The second kappa shape index (κ2) is 4.65. The molecule has 1 unspecified atom stereocenters. The Morgan fingerprint density at radius 2 is 1.77 bits per heavy atom. The first-order valence-electron chi connectivity index (χ1n) is 3.69. The van der Waals surface area contributed by atoms with Crippen LogP contribution in [0.5, 0.6) is 0 Å². The van der Waals surface area contributed by atoms with E-state index >= 15 is 0 Å². The third-order valence-corrected chi connectivity index (χ3v) is 2.30. The summed E-state index contributed by atoms with van der Waals surface area (Å²) >= 11 is 2.60. The molecule has 0 saturated carbocycles. The summed E-state index contributed by atoms with van der Waals surface area (Å²) in [6.07, 6.45) is -6.12. The van der Waals surface area contributed by atoms with Gasteiger partial charge in [0.05, 0.1) is 6.61 Å². The molecule has 13 heavy (non-hydrogen) atoms. The van der Waals surface area contributed by atoms with Gasteiger partial charge in [-0.2, -0.15) is 0 Å². The zero-order valence-corrected chi connectivity index (χ0v) is 8.16. The minimum Gasteiger partial charge on any atom is -0.394 e. The normalized spacial score (nSPS) is 46.4. The number of ether oxygens (including phenoxy) is 1. The van der Waals surface area contributed by atoms with E-state index in [0.29, 0.717) is 0 Å². The molecule has 0 bridgehead atoms. The molecule has 6 nitrogen and oxygen atoms in total. The molecule has 1 fully saturated rings. The first-order valence-corrected chi connectivity index (χ1v) is 4.34. The van der Waals surface area contributed by atoms with E-state index in [9.17, 15) is 15.3 Å². The zero-order chi connectivity index (χ0) is 10.0. The average molecular weight is 259 g/mol. The lowest BCUT2D eigenvalue weighted by Crippen LogP contribution is -2.58. The van der Waals surface area contributed by atoms with E-state index in [4.69, 9.17) is 9.84 Å². The standard InChI is InChI=1S/C6H11BrO6/c7-13-6-5(11)4(10)3(9)2(1-8)12-6/h2-6,8-11H,1H2/t2-,3-,4+,5-,6?/m1/s1. The Kier molecular flexibility index (Phi) is 4.05. The number of aliphatic hydroxyl groups excluding tert-OH is 4. The molecule has 0 radical (unpaired) electrons. The molecule has 0 spiro atoms. The highest BCUT2D eigenvalue weighted by Crippen LogP contribution is 2.22. The Morgan fingerprint density at radius 1 is 1.15 bits per heavy atom. The molecule has 1 rings (SSSR count). The molecule has 78 valence electrons. The van der Waals surface area contributed by atoms with Crippen LogP contribution in [-0.4, -0.2) is 57.7 Å². The highest BCUT2D eigenvalue weighted by atomic mass is 79.9. The summed E-state index contributed by atoms with van der Waals surface area (Å²) in [5.74, 6) is 0. The number of hydrogen-bond acceptors (Lipinski definition) is 6. The summed E-state index contributed by atoms with van der Waals surface area (Å²) < 4.78 is 9.41. The van der Waals surface area contributed by atoms with Crippen LogP contribution in [0, 0.1) is 0 Å². The van der Waals surface area contributed by atoms with E-state index < -0.39 is 37.3 Å². The summed E-state index contributed by atoms with van der Waals surface area (Å²) in [5, 5.41) is 36.5. The van der Waals surface area contributed by atoms with Gasteiger partial charge in [-0.05, 0) is 0 Å². The minimum atomic E-state index is -1.39. The van der Waals surface area contributed by atoms with Crippen molar-refractivity contribution in [3.8, 4) is 0 Å². The van der Waals surface area contributed by atoms with Crippen LogP contribution in [0.2, 0.25) is 0 Å². The van der Waals surface area contributed by atoms with E-state index in [1.54, 1.807) is 0 Å². The van der Waals surface area contributed by atoms with Crippen LogP contribution in [0.25, 0.3) is 0 Å². The lowest BCUT2D eigenvalue weighted by atomic mass is 10.00. The fourth-order valence-electron chi connectivity index (χ4n) is 1.14. The molecule has 0 aromatic heterocycles. The average Bonchev–Trinajstić information content (AvgIpc) is 2.15. The molecule has 1 saturated heterocycles. The molecule has 0 aliphatic carbocycles. The SMILES string of the molecule is OC[C@H]1OC(OBr)[C@H](O)[C@@H](O)[C@@H]1O. The molecule has 1 aliphatic rings. The van der Waals surface area contributed by atoms with Gasteiger partial charge < -0.3 is 25.2 Å². The van der Waals surface area contributed by atoms with Crippen LogP contribution in [0.15, 0.2) is 0 Å². The summed E-state index contributed by atoms with van der Waals surface area (Å²) in [6, 6.07) is 0. The summed E-state index contributed by atoms with van der Waals surface area (Å²) in [5.41, 5.74) is 0. The lowest BCUT2D eigenvalue weighted by Gasteiger charge is -2.38. The van der Waals surface area contributed by atoms with Crippen molar-refractivity contribution in [3.63, 3.8) is 0 Å². The highest BCUT2D eigenvalue weighted by Gasteiger charge is 2.43. The summed E-state index contributed by atoms with van der Waals surface area (Å²) in [4.78, 5) is 0. The Balaban J connectivity index is 2.66. The molecule has 0 aromatic rings. The van der Waals surface area contributed by atoms with Crippen molar-refractivity contribution in [1.82, 2.24) is 0 Å². The van der Waals surface area contributed by atoms with Gasteiger partial charge >= 0.3 is 0 Å². The van der Waals surface area contributed by atoms with Crippen LogP contribution in [0.4, 0.5) is 0 Å². The van der Waals surface area contributed by atoms with Crippen LogP contribution >= 0.6 is 16.3 Å². The van der Waals surface area contributed by atoms with Gasteiger partial charge in [0, 0.05) is 0 Å². The molecule has 7 heteroatoms. The van der Waals surface area contributed by atoms with Gasteiger partial charge in [-0.15, -0.1) is 0 Å². The van der Waals surface area contributed by atoms with Crippen molar-refractivity contribution in [2.24, 2.45) is 0 Å².